The average Bonchev–Trinajstić information content (AvgIpc) is 2.68. The van der Waals surface area contributed by atoms with Gasteiger partial charge in [-0.2, -0.15) is 0 Å². The smallest absolute Gasteiger partial charge is 0.224 e. The molecule has 150 valence electrons. The molecule has 2 aliphatic rings. The summed E-state index contributed by atoms with van der Waals surface area (Å²) in [5.74, 6) is -0.0832. The minimum atomic E-state index is -0.249. The van der Waals surface area contributed by atoms with E-state index >= 15 is 0 Å². The number of nitrogens with one attached hydrogen (secondary N) is 1. The third-order valence-corrected chi connectivity index (χ3v) is 6.33. The van der Waals surface area contributed by atoms with E-state index in [1.165, 1.54) is 25.0 Å². The second-order valence-corrected chi connectivity index (χ2v) is 8.48. The number of aryl methyl sites for hydroxylation is 1. The Kier molecular flexibility index (Phi) is 6.88. The maximum atomic E-state index is 13.4. The number of hydrogen-bond acceptors (Lipinski definition) is 3. The highest BCUT2D eigenvalue weighted by molar-refractivity contribution is 5.79. The van der Waals surface area contributed by atoms with Gasteiger partial charge in [0.2, 0.25) is 5.91 Å². The molecule has 1 N–H and O–H groups in total. The van der Waals surface area contributed by atoms with Gasteiger partial charge in [0, 0.05) is 25.2 Å². The van der Waals surface area contributed by atoms with E-state index in [2.05, 4.69) is 29.0 Å². The molecule has 0 radical (unpaired) electrons. The lowest BCUT2D eigenvalue weighted by Gasteiger charge is -2.43. The van der Waals surface area contributed by atoms with Crippen molar-refractivity contribution in [2.75, 3.05) is 26.2 Å². The Labute approximate surface area is 163 Å². The lowest BCUT2D eigenvalue weighted by atomic mass is 9.93. The zero-order valence-corrected chi connectivity index (χ0v) is 17.0. The van der Waals surface area contributed by atoms with Crippen molar-refractivity contribution in [3.8, 4) is 0 Å². The summed E-state index contributed by atoms with van der Waals surface area (Å²) < 4.78 is 13.4. The molecular formula is C22H34FN3O. The molecule has 2 fully saturated rings. The molecule has 1 atom stereocenters. The average molecular weight is 376 g/mol. The quantitative estimate of drug-likeness (QED) is 0.857. The predicted molar refractivity (Wildman–Crippen MR) is 107 cm³/mol. The minimum absolute atomic E-state index is 0.0516. The van der Waals surface area contributed by atoms with Crippen LogP contribution in [0, 0.1) is 18.7 Å². The number of benzene rings is 1. The van der Waals surface area contributed by atoms with Crippen molar-refractivity contribution >= 4 is 5.91 Å². The first-order valence-corrected chi connectivity index (χ1v) is 10.4. The van der Waals surface area contributed by atoms with Crippen molar-refractivity contribution in [1.82, 2.24) is 15.1 Å². The lowest BCUT2D eigenvalue weighted by Crippen LogP contribution is -2.51. The maximum Gasteiger partial charge on any atom is 0.224 e. The van der Waals surface area contributed by atoms with Gasteiger partial charge in [0.05, 0.1) is 5.92 Å². The number of likely N-dealkylation sites (tertiary alicyclic amines) is 2. The molecule has 0 aliphatic carbocycles. The highest BCUT2D eigenvalue weighted by atomic mass is 19.1. The Bertz CT molecular complexity index is 640. The van der Waals surface area contributed by atoms with E-state index in [-0.39, 0.29) is 17.6 Å². The lowest BCUT2D eigenvalue weighted by molar-refractivity contribution is -0.127. The molecule has 4 nitrogen and oxygen atoms in total. The summed E-state index contributed by atoms with van der Waals surface area (Å²) in [7, 11) is 0. The first kappa shape index (κ1) is 20.3. The standard InChI is InChI=1S/C22H34FN3O/c1-16(2)25-11-8-21(9-12-25)26-10-4-5-18(15-26)22(27)24-14-19-13-20(23)7-6-17(19)3/h6-7,13,16,18,21H,4-5,8-12,14-15H2,1-3H3,(H,24,27). The van der Waals surface area contributed by atoms with Crippen LogP contribution in [0.3, 0.4) is 0 Å². The van der Waals surface area contributed by atoms with E-state index < -0.39 is 0 Å². The minimum Gasteiger partial charge on any atom is -0.352 e. The first-order valence-electron chi connectivity index (χ1n) is 10.4. The third-order valence-electron chi connectivity index (χ3n) is 6.33. The van der Waals surface area contributed by atoms with Gasteiger partial charge in [-0.05, 0) is 89.3 Å². The second kappa shape index (κ2) is 9.16. The largest absolute Gasteiger partial charge is 0.352 e. The van der Waals surface area contributed by atoms with E-state index in [4.69, 9.17) is 0 Å². The number of carbonyl (C=O) groups is 1. The van der Waals surface area contributed by atoms with Crippen LogP contribution in [-0.4, -0.2) is 54.0 Å². The number of hydrogen-bond donors (Lipinski definition) is 1. The van der Waals surface area contributed by atoms with Gasteiger partial charge in [0.15, 0.2) is 0 Å². The summed E-state index contributed by atoms with van der Waals surface area (Å²) in [6, 6.07) is 5.98. The summed E-state index contributed by atoms with van der Waals surface area (Å²) in [6.07, 6.45) is 4.45. The van der Waals surface area contributed by atoms with Crippen LogP contribution < -0.4 is 5.32 Å². The van der Waals surface area contributed by atoms with Crippen LogP contribution >= 0.6 is 0 Å². The number of rotatable bonds is 5. The molecule has 1 aromatic carbocycles. The molecule has 2 saturated heterocycles. The van der Waals surface area contributed by atoms with Gasteiger partial charge in [0.1, 0.15) is 5.82 Å². The van der Waals surface area contributed by atoms with Crippen LogP contribution in [0.15, 0.2) is 18.2 Å². The molecule has 27 heavy (non-hydrogen) atoms. The van der Waals surface area contributed by atoms with Crippen molar-refractivity contribution < 1.29 is 9.18 Å². The summed E-state index contributed by atoms with van der Waals surface area (Å²) in [5, 5.41) is 3.04. The molecule has 1 aromatic rings. The Morgan fingerprint density at radius 2 is 1.96 bits per heavy atom. The molecule has 0 aromatic heterocycles. The van der Waals surface area contributed by atoms with Crippen molar-refractivity contribution in [2.24, 2.45) is 5.92 Å². The monoisotopic (exact) mass is 375 g/mol. The number of piperidine rings is 2. The van der Waals surface area contributed by atoms with E-state index in [0.29, 0.717) is 18.6 Å². The van der Waals surface area contributed by atoms with Crippen LogP contribution in [0.4, 0.5) is 4.39 Å². The molecule has 2 aliphatic heterocycles. The van der Waals surface area contributed by atoms with Gasteiger partial charge in [-0.15, -0.1) is 0 Å². The van der Waals surface area contributed by atoms with Gasteiger partial charge >= 0.3 is 0 Å². The topological polar surface area (TPSA) is 35.6 Å². The molecule has 0 bridgehead atoms. The van der Waals surface area contributed by atoms with Gasteiger partial charge in [-0.25, -0.2) is 4.39 Å². The van der Waals surface area contributed by atoms with Gasteiger partial charge < -0.3 is 10.2 Å². The van der Waals surface area contributed by atoms with Crippen LogP contribution in [0.1, 0.15) is 50.7 Å². The molecule has 2 heterocycles. The second-order valence-electron chi connectivity index (χ2n) is 8.48. The molecule has 3 rings (SSSR count). The van der Waals surface area contributed by atoms with Gasteiger partial charge in [-0.1, -0.05) is 6.07 Å². The Morgan fingerprint density at radius 3 is 2.67 bits per heavy atom. The fraction of sp³-hybridized carbons (Fsp3) is 0.682. The number of carbonyl (C=O) groups excluding carboxylic acids is 1. The molecule has 0 saturated carbocycles. The van der Waals surface area contributed by atoms with Crippen molar-refractivity contribution in [2.45, 2.75) is 65.1 Å². The molecular weight excluding hydrogens is 341 g/mol. The SMILES string of the molecule is Cc1ccc(F)cc1CNC(=O)C1CCCN(C2CCN(C(C)C)CC2)C1. The number of halogens is 1. The van der Waals surface area contributed by atoms with Gasteiger partial charge in [0.25, 0.3) is 0 Å². The summed E-state index contributed by atoms with van der Waals surface area (Å²) in [5.41, 5.74) is 1.87. The Balaban J connectivity index is 1.50. The number of amides is 1. The van der Waals surface area contributed by atoms with Crippen molar-refractivity contribution in [3.05, 3.63) is 35.1 Å². The van der Waals surface area contributed by atoms with Crippen LogP contribution in [-0.2, 0) is 11.3 Å². The Morgan fingerprint density at radius 1 is 1.22 bits per heavy atom. The van der Waals surface area contributed by atoms with Crippen LogP contribution in [0.5, 0.6) is 0 Å². The molecule has 5 heteroatoms. The third kappa shape index (κ3) is 5.29. The summed E-state index contributed by atoms with van der Waals surface area (Å²) in [6.45, 7) is 11.2. The predicted octanol–water partition coefficient (Wildman–Crippen LogP) is 3.34. The van der Waals surface area contributed by atoms with Crippen LogP contribution in [0.2, 0.25) is 0 Å². The molecule has 1 unspecified atom stereocenters. The summed E-state index contributed by atoms with van der Waals surface area (Å²) >= 11 is 0. The number of nitrogens with zero attached hydrogens (tertiary/aromatic N) is 2. The van der Waals surface area contributed by atoms with Gasteiger partial charge in [-0.3, -0.25) is 9.69 Å². The fourth-order valence-electron chi connectivity index (χ4n) is 4.48. The highest BCUT2D eigenvalue weighted by Gasteiger charge is 2.31. The first-order chi connectivity index (χ1) is 12.9. The van der Waals surface area contributed by atoms with Crippen molar-refractivity contribution in [1.29, 1.82) is 0 Å². The summed E-state index contributed by atoms with van der Waals surface area (Å²) in [4.78, 5) is 17.8. The Hall–Kier alpha value is -1.46. The van der Waals surface area contributed by atoms with Crippen molar-refractivity contribution in [3.63, 3.8) is 0 Å². The molecule has 1 amide bonds. The van der Waals surface area contributed by atoms with E-state index in [1.807, 2.05) is 6.92 Å². The van der Waals surface area contributed by atoms with Crippen LogP contribution in [0.25, 0.3) is 0 Å². The van der Waals surface area contributed by atoms with E-state index in [1.54, 1.807) is 6.07 Å². The van der Waals surface area contributed by atoms with E-state index in [9.17, 15) is 9.18 Å². The maximum absolute atomic E-state index is 13.4. The van der Waals surface area contributed by atoms with E-state index in [0.717, 1.165) is 50.1 Å². The fourth-order valence-corrected chi connectivity index (χ4v) is 4.48. The normalized spacial score (nSPS) is 22.9. The zero-order chi connectivity index (χ0) is 19.4. The highest BCUT2D eigenvalue weighted by Crippen LogP contribution is 2.25. The molecule has 0 spiro atoms. The zero-order valence-electron chi connectivity index (χ0n) is 17.0.